The molecule has 0 radical (unpaired) electrons. The second-order valence-electron chi connectivity index (χ2n) is 4.97. The van der Waals surface area contributed by atoms with Crippen LogP contribution in [0.5, 0.6) is 5.75 Å². The van der Waals surface area contributed by atoms with E-state index in [2.05, 4.69) is 33.0 Å². The smallest absolute Gasteiger partial charge is 0.123 e. The Hall–Kier alpha value is -1.68. The molecule has 0 amide bonds. The van der Waals surface area contributed by atoms with Crippen LogP contribution in [-0.2, 0) is 13.0 Å². The van der Waals surface area contributed by atoms with Gasteiger partial charge in [0.15, 0.2) is 0 Å². The lowest BCUT2D eigenvalue weighted by Gasteiger charge is -2.21. The summed E-state index contributed by atoms with van der Waals surface area (Å²) >= 11 is 3.52. The number of ether oxygens (including phenoxy) is 1. The highest BCUT2D eigenvalue weighted by atomic mass is 79.9. The van der Waals surface area contributed by atoms with E-state index in [-0.39, 0.29) is 0 Å². The van der Waals surface area contributed by atoms with E-state index in [0.717, 1.165) is 35.4 Å². The molecule has 3 rings (SSSR count). The van der Waals surface area contributed by atoms with Gasteiger partial charge >= 0.3 is 0 Å². The number of hydrogen-bond acceptors (Lipinski definition) is 3. The van der Waals surface area contributed by atoms with Crippen LogP contribution in [0.2, 0.25) is 0 Å². The summed E-state index contributed by atoms with van der Waals surface area (Å²) < 4.78 is 6.52. The van der Waals surface area contributed by atoms with E-state index in [1.807, 2.05) is 24.3 Å². The maximum atomic E-state index is 6.05. The summed E-state index contributed by atoms with van der Waals surface area (Å²) in [6.07, 6.45) is 1.01. The number of nitrogens with zero attached hydrogens (tertiary/aromatic N) is 1. The SMILES string of the molecule is COc1ccc(Br)cc1CN1CCc2c(N)cccc21. The Balaban J connectivity index is 1.91. The first-order valence-electron chi connectivity index (χ1n) is 6.64. The second kappa shape index (κ2) is 5.37. The second-order valence-corrected chi connectivity index (χ2v) is 5.89. The van der Waals surface area contributed by atoms with Gasteiger partial charge in [-0.15, -0.1) is 0 Å². The predicted molar refractivity (Wildman–Crippen MR) is 86.3 cm³/mol. The van der Waals surface area contributed by atoms with Crippen molar-refractivity contribution in [3.63, 3.8) is 0 Å². The molecule has 3 nitrogen and oxygen atoms in total. The van der Waals surface area contributed by atoms with Crippen LogP contribution in [-0.4, -0.2) is 13.7 Å². The normalized spacial score (nSPS) is 13.4. The van der Waals surface area contributed by atoms with Gasteiger partial charge in [-0.1, -0.05) is 22.0 Å². The summed E-state index contributed by atoms with van der Waals surface area (Å²) in [5, 5.41) is 0. The van der Waals surface area contributed by atoms with E-state index in [0.29, 0.717) is 0 Å². The summed E-state index contributed by atoms with van der Waals surface area (Å²) in [5.41, 5.74) is 10.6. The maximum absolute atomic E-state index is 6.05. The number of methoxy groups -OCH3 is 1. The fraction of sp³-hybridized carbons (Fsp3) is 0.250. The Bertz CT molecular complexity index is 642. The third-order valence-corrected chi connectivity index (χ3v) is 4.26. The Morgan fingerprint density at radius 2 is 2.15 bits per heavy atom. The molecule has 104 valence electrons. The minimum atomic E-state index is 0.832. The minimum Gasteiger partial charge on any atom is -0.496 e. The molecule has 0 saturated carbocycles. The van der Waals surface area contributed by atoms with Gasteiger partial charge in [0.25, 0.3) is 0 Å². The fourth-order valence-corrected chi connectivity index (χ4v) is 3.18. The molecule has 0 aliphatic carbocycles. The molecule has 0 saturated heterocycles. The van der Waals surface area contributed by atoms with Crippen LogP contribution in [0.15, 0.2) is 40.9 Å². The summed E-state index contributed by atoms with van der Waals surface area (Å²) in [6.45, 7) is 1.83. The van der Waals surface area contributed by atoms with Crippen LogP contribution < -0.4 is 15.4 Å². The largest absolute Gasteiger partial charge is 0.496 e. The van der Waals surface area contributed by atoms with Crippen molar-refractivity contribution in [3.05, 3.63) is 52.0 Å². The molecular formula is C16H17BrN2O. The number of nitrogen functional groups attached to an aromatic ring is 1. The minimum absolute atomic E-state index is 0.832. The topological polar surface area (TPSA) is 38.5 Å². The average Bonchev–Trinajstić information content (AvgIpc) is 2.84. The van der Waals surface area contributed by atoms with E-state index < -0.39 is 0 Å². The lowest BCUT2D eigenvalue weighted by atomic mass is 10.1. The molecule has 0 spiro atoms. The Morgan fingerprint density at radius 3 is 2.95 bits per heavy atom. The molecule has 2 aromatic rings. The Morgan fingerprint density at radius 1 is 1.30 bits per heavy atom. The summed E-state index contributed by atoms with van der Waals surface area (Å²) in [7, 11) is 1.71. The lowest BCUT2D eigenvalue weighted by Crippen LogP contribution is -2.20. The molecule has 0 aromatic heterocycles. The van der Waals surface area contributed by atoms with Crippen molar-refractivity contribution in [2.24, 2.45) is 0 Å². The zero-order valence-electron chi connectivity index (χ0n) is 11.4. The molecular weight excluding hydrogens is 316 g/mol. The van der Waals surface area contributed by atoms with Crippen LogP contribution in [0, 0.1) is 0 Å². The van der Waals surface area contributed by atoms with Crippen LogP contribution in [0.3, 0.4) is 0 Å². The lowest BCUT2D eigenvalue weighted by molar-refractivity contribution is 0.409. The standard InChI is InChI=1S/C16H17BrN2O/c1-20-16-6-5-12(17)9-11(16)10-19-8-7-13-14(18)3-2-4-15(13)19/h2-6,9H,7-8,10,18H2,1H3. The van der Waals surface area contributed by atoms with Crippen LogP contribution in [0.25, 0.3) is 0 Å². The van der Waals surface area contributed by atoms with Crippen molar-refractivity contribution in [1.82, 2.24) is 0 Å². The highest BCUT2D eigenvalue weighted by molar-refractivity contribution is 9.10. The Kier molecular flexibility index (Phi) is 3.57. The molecule has 20 heavy (non-hydrogen) atoms. The van der Waals surface area contributed by atoms with Crippen molar-refractivity contribution in [2.75, 3.05) is 24.3 Å². The van der Waals surface area contributed by atoms with Crippen LogP contribution in [0.1, 0.15) is 11.1 Å². The molecule has 1 aliphatic heterocycles. The number of anilines is 2. The summed E-state index contributed by atoms with van der Waals surface area (Å²) in [4.78, 5) is 2.36. The van der Waals surface area contributed by atoms with Gasteiger partial charge in [-0.2, -0.15) is 0 Å². The zero-order chi connectivity index (χ0) is 14.1. The average molecular weight is 333 g/mol. The van der Waals surface area contributed by atoms with Crippen molar-refractivity contribution in [1.29, 1.82) is 0 Å². The number of rotatable bonds is 3. The molecule has 2 N–H and O–H groups in total. The van der Waals surface area contributed by atoms with Crippen molar-refractivity contribution >= 4 is 27.3 Å². The van der Waals surface area contributed by atoms with Gasteiger partial charge in [0, 0.05) is 40.1 Å². The molecule has 0 fully saturated rings. The van der Waals surface area contributed by atoms with E-state index in [4.69, 9.17) is 10.5 Å². The van der Waals surface area contributed by atoms with E-state index in [1.165, 1.54) is 16.8 Å². The number of benzene rings is 2. The number of nitrogens with two attached hydrogens (primary N) is 1. The third-order valence-electron chi connectivity index (χ3n) is 3.76. The molecule has 0 bridgehead atoms. The fourth-order valence-electron chi connectivity index (χ4n) is 2.77. The first-order chi connectivity index (χ1) is 9.69. The summed E-state index contributed by atoms with van der Waals surface area (Å²) in [5.74, 6) is 0.922. The van der Waals surface area contributed by atoms with Gasteiger partial charge in [0.2, 0.25) is 0 Å². The van der Waals surface area contributed by atoms with Gasteiger partial charge in [0.1, 0.15) is 5.75 Å². The third kappa shape index (κ3) is 2.36. The highest BCUT2D eigenvalue weighted by Crippen LogP contribution is 2.34. The quantitative estimate of drug-likeness (QED) is 0.872. The molecule has 2 aromatic carbocycles. The van der Waals surface area contributed by atoms with Gasteiger partial charge in [0.05, 0.1) is 7.11 Å². The van der Waals surface area contributed by atoms with Gasteiger partial charge in [-0.05, 0) is 36.8 Å². The first-order valence-corrected chi connectivity index (χ1v) is 7.43. The number of halogens is 1. The number of hydrogen-bond donors (Lipinski definition) is 1. The molecule has 0 unspecified atom stereocenters. The first kappa shape index (κ1) is 13.3. The van der Waals surface area contributed by atoms with Crippen LogP contribution in [0.4, 0.5) is 11.4 Å². The van der Waals surface area contributed by atoms with Crippen LogP contribution >= 0.6 is 15.9 Å². The van der Waals surface area contributed by atoms with E-state index in [1.54, 1.807) is 7.11 Å². The molecule has 0 atom stereocenters. The molecule has 1 heterocycles. The molecule has 4 heteroatoms. The monoisotopic (exact) mass is 332 g/mol. The van der Waals surface area contributed by atoms with Gasteiger partial charge < -0.3 is 15.4 Å². The van der Waals surface area contributed by atoms with E-state index in [9.17, 15) is 0 Å². The van der Waals surface area contributed by atoms with Gasteiger partial charge in [-0.25, -0.2) is 0 Å². The maximum Gasteiger partial charge on any atom is 0.123 e. The highest BCUT2D eigenvalue weighted by Gasteiger charge is 2.21. The summed E-state index contributed by atoms with van der Waals surface area (Å²) in [6, 6.07) is 12.2. The van der Waals surface area contributed by atoms with Crippen molar-refractivity contribution in [3.8, 4) is 5.75 Å². The molecule has 1 aliphatic rings. The predicted octanol–water partition coefficient (Wildman–Crippen LogP) is 3.60. The van der Waals surface area contributed by atoms with Crippen molar-refractivity contribution in [2.45, 2.75) is 13.0 Å². The zero-order valence-corrected chi connectivity index (χ0v) is 13.0. The van der Waals surface area contributed by atoms with Gasteiger partial charge in [-0.3, -0.25) is 0 Å². The van der Waals surface area contributed by atoms with E-state index >= 15 is 0 Å². The van der Waals surface area contributed by atoms with Crippen molar-refractivity contribution < 1.29 is 4.74 Å². The Labute approximate surface area is 127 Å². The number of fused-ring (bicyclic) bond motifs is 1.